The van der Waals surface area contributed by atoms with Gasteiger partial charge in [0.2, 0.25) is 5.91 Å². The van der Waals surface area contributed by atoms with E-state index in [0.29, 0.717) is 11.3 Å². The highest BCUT2D eigenvalue weighted by atomic mass is 16.5. The van der Waals surface area contributed by atoms with Crippen molar-refractivity contribution in [3.8, 4) is 0 Å². The Balaban J connectivity index is 1.85. The predicted octanol–water partition coefficient (Wildman–Crippen LogP) is 1.76. The summed E-state index contributed by atoms with van der Waals surface area (Å²) in [5.74, 6) is -2.31. The second-order valence-corrected chi connectivity index (χ2v) is 5.36. The van der Waals surface area contributed by atoms with Gasteiger partial charge in [-0.3, -0.25) is 9.59 Å². The molecular formula is C19H18N2O6. The number of primary amides is 1. The fraction of sp³-hybridized carbons (Fsp3) is 0.158. The van der Waals surface area contributed by atoms with Crippen molar-refractivity contribution in [2.24, 2.45) is 5.73 Å². The van der Waals surface area contributed by atoms with E-state index >= 15 is 0 Å². The summed E-state index contributed by atoms with van der Waals surface area (Å²) in [6, 6.07) is 11.7. The molecule has 3 N–H and O–H groups in total. The monoisotopic (exact) mass is 370 g/mol. The van der Waals surface area contributed by atoms with E-state index in [9.17, 15) is 19.2 Å². The third-order valence-electron chi connectivity index (χ3n) is 3.42. The summed E-state index contributed by atoms with van der Waals surface area (Å²) in [6.07, 6.45) is 0. The Bertz CT molecular complexity index is 844. The highest BCUT2D eigenvalue weighted by Crippen LogP contribution is 2.11. The van der Waals surface area contributed by atoms with Crippen LogP contribution in [0.5, 0.6) is 0 Å². The van der Waals surface area contributed by atoms with Crippen molar-refractivity contribution in [3.05, 3.63) is 65.2 Å². The van der Waals surface area contributed by atoms with Crippen molar-refractivity contribution in [1.29, 1.82) is 0 Å². The second-order valence-electron chi connectivity index (χ2n) is 5.36. The average Bonchev–Trinajstić information content (AvgIpc) is 2.67. The van der Waals surface area contributed by atoms with Gasteiger partial charge in [-0.1, -0.05) is 0 Å². The molecule has 0 aliphatic carbocycles. The van der Waals surface area contributed by atoms with Gasteiger partial charge in [-0.2, -0.15) is 0 Å². The molecule has 0 bridgehead atoms. The van der Waals surface area contributed by atoms with Gasteiger partial charge in [-0.05, 0) is 55.5 Å². The summed E-state index contributed by atoms with van der Waals surface area (Å²) in [6.45, 7) is 1.49. The van der Waals surface area contributed by atoms with Gasteiger partial charge < -0.3 is 20.5 Å². The minimum atomic E-state index is -0.709. The molecule has 8 heteroatoms. The maximum absolute atomic E-state index is 11.9. The zero-order valence-corrected chi connectivity index (χ0v) is 14.6. The highest BCUT2D eigenvalue weighted by Gasteiger charge is 2.12. The number of anilines is 1. The molecule has 0 unspecified atom stereocenters. The average molecular weight is 370 g/mol. The lowest BCUT2D eigenvalue weighted by atomic mass is 10.1. The topological polar surface area (TPSA) is 125 Å². The van der Waals surface area contributed by atoms with Gasteiger partial charge in [-0.25, -0.2) is 9.59 Å². The first kappa shape index (κ1) is 19.6. The van der Waals surface area contributed by atoms with E-state index in [1.807, 2.05) is 0 Å². The lowest BCUT2D eigenvalue weighted by Gasteiger charge is -2.08. The maximum Gasteiger partial charge on any atom is 0.338 e. The van der Waals surface area contributed by atoms with Crippen LogP contribution in [-0.4, -0.2) is 37.0 Å². The van der Waals surface area contributed by atoms with Crippen molar-refractivity contribution in [2.75, 3.05) is 18.5 Å². The third-order valence-corrected chi connectivity index (χ3v) is 3.42. The van der Waals surface area contributed by atoms with Crippen molar-refractivity contribution in [2.45, 2.75) is 6.92 Å². The molecule has 27 heavy (non-hydrogen) atoms. The van der Waals surface area contributed by atoms with Gasteiger partial charge >= 0.3 is 11.9 Å². The number of hydrogen-bond acceptors (Lipinski definition) is 6. The molecule has 0 aromatic heterocycles. The number of ether oxygens (including phenoxy) is 2. The summed E-state index contributed by atoms with van der Waals surface area (Å²) >= 11 is 0. The van der Waals surface area contributed by atoms with Gasteiger partial charge in [0, 0.05) is 11.3 Å². The van der Waals surface area contributed by atoms with Crippen molar-refractivity contribution in [1.82, 2.24) is 0 Å². The van der Waals surface area contributed by atoms with E-state index in [0.717, 1.165) is 0 Å². The molecule has 2 aromatic rings. The van der Waals surface area contributed by atoms with Gasteiger partial charge in [0.25, 0.3) is 5.91 Å². The third kappa shape index (κ3) is 5.67. The normalized spacial score (nSPS) is 9.96. The summed E-state index contributed by atoms with van der Waals surface area (Å²) in [5, 5.41) is 2.54. The number of esters is 2. The van der Waals surface area contributed by atoms with Gasteiger partial charge in [0.15, 0.2) is 6.61 Å². The number of rotatable bonds is 7. The Morgan fingerprint density at radius 2 is 1.30 bits per heavy atom. The molecule has 0 saturated heterocycles. The predicted molar refractivity (Wildman–Crippen MR) is 96.3 cm³/mol. The Labute approximate surface area is 155 Å². The number of nitrogens with two attached hydrogens (primary N) is 1. The van der Waals surface area contributed by atoms with Crippen LogP contribution >= 0.6 is 0 Å². The number of benzene rings is 2. The number of hydrogen-bond donors (Lipinski definition) is 2. The highest BCUT2D eigenvalue weighted by molar-refractivity contribution is 5.97. The number of nitrogens with one attached hydrogen (secondary N) is 1. The Morgan fingerprint density at radius 3 is 1.81 bits per heavy atom. The fourth-order valence-corrected chi connectivity index (χ4v) is 2.09. The zero-order valence-electron chi connectivity index (χ0n) is 14.6. The van der Waals surface area contributed by atoms with Gasteiger partial charge in [0.1, 0.15) is 0 Å². The molecule has 0 aliphatic rings. The van der Waals surface area contributed by atoms with E-state index in [1.54, 1.807) is 6.92 Å². The van der Waals surface area contributed by atoms with Crippen molar-refractivity contribution < 1.29 is 28.7 Å². The first-order chi connectivity index (χ1) is 12.9. The van der Waals surface area contributed by atoms with Crippen LogP contribution in [0.2, 0.25) is 0 Å². The molecule has 2 rings (SSSR count). The summed E-state index contributed by atoms with van der Waals surface area (Å²) < 4.78 is 9.78. The molecule has 0 heterocycles. The van der Waals surface area contributed by atoms with Crippen LogP contribution in [0, 0.1) is 0 Å². The van der Waals surface area contributed by atoms with E-state index in [4.69, 9.17) is 15.2 Å². The molecule has 0 saturated carbocycles. The van der Waals surface area contributed by atoms with Crippen LogP contribution in [0.3, 0.4) is 0 Å². The van der Waals surface area contributed by atoms with Crippen molar-refractivity contribution in [3.63, 3.8) is 0 Å². The Morgan fingerprint density at radius 1 is 0.815 bits per heavy atom. The standard InChI is InChI=1S/C19H18N2O6/c1-2-26-18(24)14-7-9-15(10-8-14)21-16(22)11-27-19(25)13-5-3-12(4-6-13)17(20)23/h3-10H,2,11H2,1H3,(H2,20,23)(H,21,22). The fourth-order valence-electron chi connectivity index (χ4n) is 2.09. The van der Waals surface area contributed by atoms with Crippen LogP contribution in [-0.2, 0) is 14.3 Å². The van der Waals surface area contributed by atoms with Crippen LogP contribution < -0.4 is 11.1 Å². The first-order valence-corrected chi connectivity index (χ1v) is 8.04. The number of carbonyl (C=O) groups is 4. The molecule has 8 nitrogen and oxygen atoms in total. The van der Waals surface area contributed by atoms with Crippen LogP contribution in [0.4, 0.5) is 5.69 Å². The molecule has 2 aromatic carbocycles. The van der Waals surface area contributed by atoms with E-state index in [2.05, 4.69) is 5.32 Å². The van der Waals surface area contributed by atoms with Crippen LogP contribution in [0.15, 0.2) is 48.5 Å². The van der Waals surface area contributed by atoms with Crippen LogP contribution in [0.1, 0.15) is 38.0 Å². The van der Waals surface area contributed by atoms with E-state index in [-0.39, 0.29) is 17.7 Å². The van der Waals surface area contributed by atoms with Crippen molar-refractivity contribution >= 4 is 29.4 Å². The number of amides is 2. The summed E-state index contributed by atoms with van der Waals surface area (Å²) in [7, 11) is 0. The minimum absolute atomic E-state index is 0.187. The largest absolute Gasteiger partial charge is 0.462 e. The Kier molecular flexibility index (Phi) is 6.65. The SMILES string of the molecule is CCOC(=O)c1ccc(NC(=O)COC(=O)c2ccc(C(N)=O)cc2)cc1. The van der Waals surface area contributed by atoms with Gasteiger partial charge in [-0.15, -0.1) is 0 Å². The van der Waals surface area contributed by atoms with Gasteiger partial charge in [0.05, 0.1) is 17.7 Å². The molecule has 0 spiro atoms. The molecule has 0 fully saturated rings. The quantitative estimate of drug-likeness (QED) is 0.716. The first-order valence-electron chi connectivity index (χ1n) is 8.04. The van der Waals surface area contributed by atoms with E-state index < -0.39 is 30.4 Å². The van der Waals surface area contributed by atoms with E-state index in [1.165, 1.54) is 48.5 Å². The lowest BCUT2D eigenvalue weighted by Crippen LogP contribution is -2.21. The molecule has 0 atom stereocenters. The molecule has 2 amide bonds. The molecule has 0 radical (unpaired) electrons. The summed E-state index contributed by atoms with van der Waals surface area (Å²) in [4.78, 5) is 46.3. The molecule has 140 valence electrons. The smallest absolute Gasteiger partial charge is 0.338 e. The maximum atomic E-state index is 11.9. The summed E-state index contributed by atoms with van der Waals surface area (Å²) in [5.41, 5.74) is 6.37. The minimum Gasteiger partial charge on any atom is -0.462 e. The molecular weight excluding hydrogens is 352 g/mol. The lowest BCUT2D eigenvalue weighted by molar-refractivity contribution is -0.119. The number of carbonyl (C=O) groups excluding carboxylic acids is 4. The zero-order chi connectivity index (χ0) is 19.8. The molecule has 0 aliphatic heterocycles. The second kappa shape index (κ2) is 9.14. The van der Waals surface area contributed by atoms with Crippen LogP contribution in [0.25, 0.3) is 0 Å². The Hall–Kier alpha value is -3.68.